The van der Waals surface area contributed by atoms with Crippen molar-refractivity contribution in [2.24, 2.45) is 0 Å². The number of methoxy groups -OCH3 is 1. The van der Waals surface area contributed by atoms with Crippen LogP contribution in [0.1, 0.15) is 42.0 Å². The fraction of sp³-hybridized carbons (Fsp3) is 0.423. The van der Waals surface area contributed by atoms with E-state index in [0.29, 0.717) is 13.0 Å². The molecule has 0 N–H and O–H groups in total. The number of aryl methyl sites for hydroxylation is 2. The predicted molar refractivity (Wildman–Crippen MR) is 125 cm³/mol. The second-order valence-corrected chi connectivity index (χ2v) is 8.20. The van der Waals surface area contributed by atoms with E-state index in [4.69, 9.17) is 14.5 Å². The second-order valence-electron chi connectivity index (χ2n) is 8.20. The van der Waals surface area contributed by atoms with Crippen molar-refractivity contribution < 1.29 is 9.47 Å². The minimum absolute atomic E-state index is 0.658. The van der Waals surface area contributed by atoms with Gasteiger partial charge in [-0.3, -0.25) is 4.98 Å². The molecular weight excluding hydrogens is 400 g/mol. The maximum absolute atomic E-state index is 6.08. The van der Waals surface area contributed by atoms with Gasteiger partial charge in [0.05, 0.1) is 13.7 Å². The van der Waals surface area contributed by atoms with Crippen molar-refractivity contribution in [2.75, 3.05) is 33.4 Å². The van der Waals surface area contributed by atoms with Crippen LogP contribution in [0.3, 0.4) is 0 Å². The highest BCUT2D eigenvalue weighted by Crippen LogP contribution is 2.29. The molecular formula is C26H32N4O2. The van der Waals surface area contributed by atoms with Gasteiger partial charge in [0.15, 0.2) is 11.5 Å². The van der Waals surface area contributed by atoms with Gasteiger partial charge in [0, 0.05) is 36.7 Å². The quantitative estimate of drug-likeness (QED) is 0.425. The molecule has 6 nitrogen and oxygen atoms in total. The standard InChI is InChI=1S/C26H32N4O2/c1-31-24-11-8-21(19-25(24)32-18-6-17-30-15-4-5-16-30)20-26-28-14-12-23(29-26)10-9-22-7-2-3-13-27-22/h2-3,7-8,11-14,19H,4-6,9-10,15-18,20H2,1H3. The van der Waals surface area contributed by atoms with E-state index in [-0.39, 0.29) is 0 Å². The number of ether oxygens (including phenoxy) is 2. The minimum atomic E-state index is 0.658. The van der Waals surface area contributed by atoms with Gasteiger partial charge in [-0.05, 0) is 81.1 Å². The molecule has 1 saturated heterocycles. The van der Waals surface area contributed by atoms with E-state index in [0.717, 1.165) is 60.1 Å². The van der Waals surface area contributed by atoms with E-state index in [2.05, 4.69) is 27.0 Å². The first-order valence-electron chi connectivity index (χ1n) is 11.5. The maximum Gasteiger partial charge on any atom is 0.161 e. The van der Waals surface area contributed by atoms with Gasteiger partial charge in [0.25, 0.3) is 0 Å². The van der Waals surface area contributed by atoms with Crippen molar-refractivity contribution in [3.8, 4) is 11.5 Å². The summed E-state index contributed by atoms with van der Waals surface area (Å²) in [4.78, 5) is 16.1. The van der Waals surface area contributed by atoms with Crippen molar-refractivity contribution in [3.05, 3.63) is 77.6 Å². The third-order valence-electron chi connectivity index (χ3n) is 5.79. The molecule has 1 aliphatic heterocycles. The van der Waals surface area contributed by atoms with Crippen molar-refractivity contribution >= 4 is 0 Å². The van der Waals surface area contributed by atoms with Gasteiger partial charge in [-0.25, -0.2) is 9.97 Å². The average Bonchev–Trinajstić information content (AvgIpc) is 3.35. The molecule has 0 amide bonds. The topological polar surface area (TPSA) is 60.4 Å². The van der Waals surface area contributed by atoms with Gasteiger partial charge in [0.2, 0.25) is 0 Å². The molecule has 6 heteroatoms. The van der Waals surface area contributed by atoms with Crippen LogP contribution in [0.25, 0.3) is 0 Å². The van der Waals surface area contributed by atoms with Gasteiger partial charge < -0.3 is 14.4 Å². The normalized spacial score (nSPS) is 13.9. The third-order valence-corrected chi connectivity index (χ3v) is 5.79. The van der Waals surface area contributed by atoms with Crippen LogP contribution in [-0.2, 0) is 19.3 Å². The van der Waals surface area contributed by atoms with Crippen LogP contribution in [0.4, 0.5) is 0 Å². The van der Waals surface area contributed by atoms with E-state index in [1.54, 1.807) is 7.11 Å². The monoisotopic (exact) mass is 432 g/mol. The Morgan fingerprint density at radius 1 is 0.906 bits per heavy atom. The number of pyridine rings is 1. The Bertz CT molecular complexity index is 975. The van der Waals surface area contributed by atoms with Crippen LogP contribution in [0.5, 0.6) is 11.5 Å². The number of nitrogens with zero attached hydrogens (tertiary/aromatic N) is 4. The average molecular weight is 433 g/mol. The molecule has 168 valence electrons. The molecule has 0 unspecified atom stereocenters. The van der Waals surface area contributed by atoms with Crippen LogP contribution in [0.15, 0.2) is 54.9 Å². The molecule has 0 radical (unpaired) electrons. The lowest BCUT2D eigenvalue weighted by Gasteiger charge is -2.16. The van der Waals surface area contributed by atoms with Crippen LogP contribution in [0.2, 0.25) is 0 Å². The number of hydrogen-bond acceptors (Lipinski definition) is 6. The van der Waals surface area contributed by atoms with E-state index >= 15 is 0 Å². The number of benzene rings is 1. The summed E-state index contributed by atoms with van der Waals surface area (Å²) in [5.74, 6) is 2.37. The van der Waals surface area contributed by atoms with Gasteiger partial charge in [-0.2, -0.15) is 0 Å². The number of rotatable bonds is 11. The predicted octanol–water partition coefficient (Wildman–Crippen LogP) is 4.12. The third kappa shape index (κ3) is 6.50. The lowest BCUT2D eigenvalue weighted by atomic mass is 10.1. The first-order valence-corrected chi connectivity index (χ1v) is 11.5. The molecule has 0 saturated carbocycles. The minimum Gasteiger partial charge on any atom is -0.493 e. The maximum atomic E-state index is 6.08. The molecule has 0 bridgehead atoms. The summed E-state index contributed by atoms with van der Waals surface area (Å²) in [5, 5.41) is 0. The van der Waals surface area contributed by atoms with E-state index in [1.807, 2.05) is 42.7 Å². The molecule has 1 aliphatic rings. The Morgan fingerprint density at radius 2 is 1.78 bits per heavy atom. The zero-order chi connectivity index (χ0) is 22.0. The van der Waals surface area contributed by atoms with Crippen molar-refractivity contribution in [1.29, 1.82) is 0 Å². The first kappa shape index (κ1) is 22.2. The SMILES string of the molecule is COc1ccc(Cc2nccc(CCc3ccccn3)n2)cc1OCCCN1CCCC1. The van der Waals surface area contributed by atoms with Crippen LogP contribution in [-0.4, -0.2) is 53.2 Å². The summed E-state index contributed by atoms with van der Waals surface area (Å²) in [5.41, 5.74) is 3.23. The molecule has 1 fully saturated rings. The zero-order valence-corrected chi connectivity index (χ0v) is 18.9. The van der Waals surface area contributed by atoms with Crippen LogP contribution >= 0.6 is 0 Å². The number of likely N-dealkylation sites (tertiary alicyclic amines) is 1. The Morgan fingerprint density at radius 3 is 2.59 bits per heavy atom. The molecule has 0 spiro atoms. The highest BCUT2D eigenvalue weighted by atomic mass is 16.5. The summed E-state index contributed by atoms with van der Waals surface area (Å²) in [6.07, 6.45) is 9.72. The largest absolute Gasteiger partial charge is 0.493 e. The Hall–Kier alpha value is -2.99. The van der Waals surface area contributed by atoms with E-state index in [9.17, 15) is 0 Å². The molecule has 2 aromatic heterocycles. The molecule has 32 heavy (non-hydrogen) atoms. The number of aromatic nitrogens is 3. The Balaban J connectivity index is 1.34. The van der Waals surface area contributed by atoms with Gasteiger partial charge in [0.1, 0.15) is 5.82 Å². The highest BCUT2D eigenvalue weighted by Gasteiger charge is 2.12. The van der Waals surface area contributed by atoms with E-state index < -0.39 is 0 Å². The molecule has 0 atom stereocenters. The summed E-state index contributed by atoms with van der Waals surface area (Å²) in [6, 6.07) is 14.1. The number of hydrogen-bond donors (Lipinski definition) is 0. The zero-order valence-electron chi connectivity index (χ0n) is 18.9. The molecule has 1 aromatic carbocycles. The van der Waals surface area contributed by atoms with Gasteiger partial charge in [-0.15, -0.1) is 0 Å². The van der Waals surface area contributed by atoms with Crippen molar-refractivity contribution in [1.82, 2.24) is 19.9 Å². The Kier molecular flexibility index (Phi) is 8.04. The molecule has 3 aromatic rings. The molecule has 0 aliphatic carbocycles. The smallest absolute Gasteiger partial charge is 0.161 e. The summed E-state index contributed by atoms with van der Waals surface area (Å²) >= 11 is 0. The summed E-state index contributed by atoms with van der Waals surface area (Å²) < 4.78 is 11.6. The van der Waals surface area contributed by atoms with Crippen molar-refractivity contribution in [2.45, 2.75) is 38.5 Å². The summed E-state index contributed by atoms with van der Waals surface area (Å²) in [6.45, 7) is 4.23. The van der Waals surface area contributed by atoms with Gasteiger partial charge >= 0.3 is 0 Å². The van der Waals surface area contributed by atoms with E-state index in [1.165, 1.54) is 25.9 Å². The molecule has 3 heterocycles. The first-order chi connectivity index (χ1) is 15.8. The van der Waals surface area contributed by atoms with Crippen molar-refractivity contribution in [3.63, 3.8) is 0 Å². The Labute approximate surface area is 190 Å². The highest BCUT2D eigenvalue weighted by molar-refractivity contribution is 5.43. The fourth-order valence-corrected chi connectivity index (χ4v) is 4.07. The lowest BCUT2D eigenvalue weighted by Crippen LogP contribution is -2.21. The second kappa shape index (κ2) is 11.6. The van der Waals surface area contributed by atoms with Crippen LogP contribution in [0, 0.1) is 0 Å². The lowest BCUT2D eigenvalue weighted by molar-refractivity contribution is 0.254. The van der Waals surface area contributed by atoms with Crippen LogP contribution < -0.4 is 9.47 Å². The van der Waals surface area contributed by atoms with Gasteiger partial charge in [-0.1, -0.05) is 12.1 Å². The molecule has 4 rings (SSSR count). The summed E-state index contributed by atoms with van der Waals surface area (Å²) in [7, 11) is 1.68. The fourth-order valence-electron chi connectivity index (χ4n) is 4.07.